The number of hydrogen-bond donors (Lipinski definition) is 3. The lowest BCUT2D eigenvalue weighted by molar-refractivity contribution is -0.908. The number of nitrogens with one attached hydrogen (secondary N) is 3. The summed E-state index contributed by atoms with van der Waals surface area (Å²) in [5, 5.41) is 5.19. The van der Waals surface area contributed by atoms with Crippen molar-refractivity contribution >= 4 is 27.7 Å². The van der Waals surface area contributed by atoms with E-state index in [4.69, 9.17) is 9.72 Å². The number of aromatic nitrogens is 2. The number of para-hydroxylation sites is 1. The average molecular weight is 416 g/mol. The summed E-state index contributed by atoms with van der Waals surface area (Å²) in [5.41, 5.74) is 4.25. The second kappa shape index (κ2) is 8.88. The second-order valence-electron chi connectivity index (χ2n) is 8.04. The van der Waals surface area contributed by atoms with Crippen LogP contribution in [-0.4, -0.2) is 55.3 Å². The first-order valence-corrected chi connectivity index (χ1v) is 11.0. The Labute approximate surface area is 181 Å². The Morgan fingerprint density at radius 2 is 1.81 bits per heavy atom. The molecule has 1 aliphatic heterocycles. The number of amides is 1. The lowest BCUT2D eigenvalue weighted by Gasteiger charge is -2.23. The van der Waals surface area contributed by atoms with Crippen LogP contribution in [0.2, 0.25) is 0 Å². The molecular formula is C25H27N4O2+. The molecule has 0 atom stereocenters. The first-order valence-electron chi connectivity index (χ1n) is 11.0. The zero-order valence-corrected chi connectivity index (χ0v) is 17.5. The number of pyridine rings is 1. The van der Waals surface area contributed by atoms with Gasteiger partial charge in [0.2, 0.25) is 0 Å². The molecule has 3 N–H and O–H groups in total. The van der Waals surface area contributed by atoms with Gasteiger partial charge in [-0.3, -0.25) is 4.79 Å². The van der Waals surface area contributed by atoms with Gasteiger partial charge >= 0.3 is 0 Å². The molecule has 6 nitrogen and oxygen atoms in total. The van der Waals surface area contributed by atoms with Crippen molar-refractivity contribution in [2.45, 2.75) is 6.42 Å². The van der Waals surface area contributed by atoms with Gasteiger partial charge in [-0.2, -0.15) is 0 Å². The Morgan fingerprint density at radius 3 is 2.65 bits per heavy atom. The van der Waals surface area contributed by atoms with Crippen LogP contribution in [0.1, 0.15) is 16.9 Å². The molecule has 31 heavy (non-hydrogen) atoms. The fourth-order valence-electron chi connectivity index (χ4n) is 4.31. The number of carbonyl (C=O) groups excluding carboxylic acids is 1. The molecule has 2 aromatic heterocycles. The van der Waals surface area contributed by atoms with Gasteiger partial charge in [0, 0.05) is 34.8 Å². The van der Waals surface area contributed by atoms with Crippen molar-refractivity contribution in [3.05, 3.63) is 66.4 Å². The number of morpholine rings is 1. The van der Waals surface area contributed by atoms with E-state index >= 15 is 0 Å². The maximum atomic E-state index is 13.0. The summed E-state index contributed by atoms with van der Waals surface area (Å²) in [6.45, 7) is 5.46. The van der Waals surface area contributed by atoms with Crippen LogP contribution in [0.15, 0.2) is 60.7 Å². The molecule has 0 unspecified atom stereocenters. The molecule has 0 spiro atoms. The fraction of sp³-hybridized carbons (Fsp3) is 0.280. The highest BCUT2D eigenvalue weighted by atomic mass is 16.5. The minimum Gasteiger partial charge on any atom is -0.370 e. The number of ether oxygens (including phenoxy) is 1. The third-order valence-corrected chi connectivity index (χ3v) is 5.97. The number of aromatic amines is 1. The normalized spacial score (nSPS) is 14.8. The number of carbonyl (C=O) groups is 1. The van der Waals surface area contributed by atoms with Crippen LogP contribution in [0.25, 0.3) is 33.1 Å². The van der Waals surface area contributed by atoms with E-state index in [1.54, 1.807) is 4.90 Å². The molecule has 158 valence electrons. The highest BCUT2D eigenvalue weighted by Gasteiger charge is 2.17. The minimum absolute atomic E-state index is 0.124. The number of quaternary nitrogens is 1. The Morgan fingerprint density at radius 1 is 1.03 bits per heavy atom. The molecule has 0 bridgehead atoms. The van der Waals surface area contributed by atoms with Gasteiger partial charge in [0.15, 0.2) is 0 Å². The van der Waals surface area contributed by atoms with E-state index in [2.05, 4.69) is 22.4 Å². The monoisotopic (exact) mass is 415 g/mol. The highest BCUT2D eigenvalue weighted by molar-refractivity contribution is 6.13. The predicted octanol–water partition coefficient (Wildman–Crippen LogP) is 2.42. The van der Waals surface area contributed by atoms with Crippen LogP contribution < -0.4 is 10.2 Å². The van der Waals surface area contributed by atoms with Crippen LogP contribution in [-0.2, 0) is 4.74 Å². The van der Waals surface area contributed by atoms with Gasteiger partial charge in [-0.05, 0) is 12.1 Å². The van der Waals surface area contributed by atoms with E-state index in [0.717, 1.165) is 72.3 Å². The first kappa shape index (κ1) is 19.7. The highest BCUT2D eigenvalue weighted by Crippen LogP contribution is 2.32. The van der Waals surface area contributed by atoms with Gasteiger partial charge in [-0.15, -0.1) is 0 Å². The largest absolute Gasteiger partial charge is 0.370 e. The molecule has 0 radical (unpaired) electrons. The number of H-pyrrole nitrogens is 1. The van der Waals surface area contributed by atoms with Crippen LogP contribution in [0.5, 0.6) is 0 Å². The SMILES string of the molecule is O=C(NCCC[NH+]1CCOCC1)c1cc2c([nH]c3ccccc32)c(-c2ccccc2)n1. The van der Waals surface area contributed by atoms with Crippen molar-refractivity contribution < 1.29 is 14.4 Å². The minimum atomic E-state index is -0.124. The standard InChI is InChI=1S/C25H26N4O2/c30-25(26-11-6-12-29-13-15-31-16-14-29)22-17-20-19-9-4-5-10-21(19)27-24(20)23(28-22)18-7-2-1-3-8-18/h1-5,7-10,17,27H,6,11-16H2,(H,26,30)/p+1. The molecule has 2 aromatic carbocycles. The lowest BCUT2D eigenvalue weighted by atomic mass is 10.1. The molecule has 1 saturated heterocycles. The third kappa shape index (κ3) is 4.17. The van der Waals surface area contributed by atoms with Crippen LogP contribution in [0.4, 0.5) is 0 Å². The van der Waals surface area contributed by atoms with Crippen molar-refractivity contribution in [2.75, 3.05) is 39.4 Å². The Bertz CT molecular complexity index is 1200. The van der Waals surface area contributed by atoms with E-state index in [-0.39, 0.29) is 5.91 Å². The molecule has 1 fully saturated rings. The van der Waals surface area contributed by atoms with Gasteiger partial charge < -0.3 is 19.9 Å². The summed E-state index contributed by atoms with van der Waals surface area (Å²) in [5.74, 6) is -0.124. The van der Waals surface area contributed by atoms with Gasteiger partial charge in [-0.25, -0.2) is 4.98 Å². The summed E-state index contributed by atoms with van der Waals surface area (Å²) < 4.78 is 5.41. The molecule has 6 heteroatoms. The van der Waals surface area contributed by atoms with E-state index in [1.165, 1.54) is 0 Å². The smallest absolute Gasteiger partial charge is 0.269 e. The fourth-order valence-corrected chi connectivity index (χ4v) is 4.31. The topological polar surface area (TPSA) is 71.4 Å². The van der Waals surface area contributed by atoms with Crippen molar-refractivity contribution in [3.63, 3.8) is 0 Å². The average Bonchev–Trinajstić information content (AvgIpc) is 3.21. The van der Waals surface area contributed by atoms with Gasteiger partial charge in [0.25, 0.3) is 5.91 Å². The Hall–Kier alpha value is -3.22. The zero-order valence-electron chi connectivity index (χ0n) is 17.5. The number of benzene rings is 2. The predicted molar refractivity (Wildman–Crippen MR) is 122 cm³/mol. The number of nitrogens with zero attached hydrogens (tertiary/aromatic N) is 1. The van der Waals surface area contributed by atoms with Gasteiger partial charge in [-0.1, -0.05) is 48.5 Å². The lowest BCUT2D eigenvalue weighted by Crippen LogP contribution is -3.14. The van der Waals surface area contributed by atoms with Crippen molar-refractivity contribution in [2.24, 2.45) is 0 Å². The van der Waals surface area contributed by atoms with Crippen LogP contribution >= 0.6 is 0 Å². The molecule has 0 aliphatic carbocycles. The quantitative estimate of drug-likeness (QED) is 0.424. The maximum Gasteiger partial charge on any atom is 0.269 e. The summed E-state index contributed by atoms with van der Waals surface area (Å²) in [4.78, 5) is 22.8. The zero-order chi connectivity index (χ0) is 21.0. The van der Waals surface area contributed by atoms with E-state index < -0.39 is 0 Å². The Kier molecular flexibility index (Phi) is 5.65. The number of hydrogen-bond acceptors (Lipinski definition) is 3. The summed E-state index contributed by atoms with van der Waals surface area (Å²) in [6.07, 6.45) is 0.946. The molecule has 5 rings (SSSR count). The van der Waals surface area contributed by atoms with Crippen molar-refractivity contribution in [1.82, 2.24) is 15.3 Å². The second-order valence-corrected chi connectivity index (χ2v) is 8.04. The molecule has 1 aliphatic rings. The van der Waals surface area contributed by atoms with Gasteiger partial charge in [0.05, 0.1) is 31.0 Å². The summed E-state index contributed by atoms with van der Waals surface area (Å²) in [7, 11) is 0. The number of fused-ring (bicyclic) bond motifs is 3. The van der Waals surface area contributed by atoms with Crippen LogP contribution in [0, 0.1) is 0 Å². The molecule has 4 aromatic rings. The van der Waals surface area contributed by atoms with Gasteiger partial charge in [0.1, 0.15) is 18.8 Å². The number of rotatable bonds is 6. The first-order chi connectivity index (χ1) is 15.3. The van der Waals surface area contributed by atoms with Crippen molar-refractivity contribution in [1.29, 1.82) is 0 Å². The summed E-state index contributed by atoms with van der Waals surface area (Å²) in [6, 6.07) is 20.1. The summed E-state index contributed by atoms with van der Waals surface area (Å²) >= 11 is 0. The Balaban J connectivity index is 1.41. The van der Waals surface area contributed by atoms with E-state index in [1.807, 2.05) is 48.5 Å². The van der Waals surface area contributed by atoms with E-state index in [9.17, 15) is 4.79 Å². The van der Waals surface area contributed by atoms with E-state index in [0.29, 0.717) is 12.2 Å². The molecule has 3 heterocycles. The molecule has 1 amide bonds. The van der Waals surface area contributed by atoms with Crippen LogP contribution in [0.3, 0.4) is 0 Å². The third-order valence-electron chi connectivity index (χ3n) is 5.97. The molecular weight excluding hydrogens is 388 g/mol. The van der Waals surface area contributed by atoms with Crippen molar-refractivity contribution in [3.8, 4) is 11.3 Å². The molecule has 0 saturated carbocycles. The maximum absolute atomic E-state index is 13.0.